The fourth-order valence-corrected chi connectivity index (χ4v) is 2.80. The molecule has 0 fully saturated rings. The second-order valence-corrected chi connectivity index (χ2v) is 6.19. The minimum atomic E-state index is -0.303. The predicted molar refractivity (Wildman–Crippen MR) is 80.2 cm³/mol. The van der Waals surface area contributed by atoms with Crippen molar-refractivity contribution in [2.24, 2.45) is 0 Å². The summed E-state index contributed by atoms with van der Waals surface area (Å²) in [5.41, 5.74) is 0. The van der Waals surface area contributed by atoms with Gasteiger partial charge in [0.05, 0.1) is 0 Å². The Labute approximate surface area is 124 Å². The highest BCUT2D eigenvalue weighted by atomic mass is 79.9. The van der Waals surface area contributed by atoms with Crippen LogP contribution in [0.5, 0.6) is 5.75 Å². The van der Waals surface area contributed by atoms with E-state index in [-0.39, 0.29) is 11.9 Å². The van der Waals surface area contributed by atoms with Crippen molar-refractivity contribution >= 4 is 27.3 Å². The molecule has 0 aliphatic rings. The van der Waals surface area contributed by atoms with E-state index in [1.807, 2.05) is 13.0 Å². The molecule has 0 saturated carbocycles. The summed E-state index contributed by atoms with van der Waals surface area (Å²) in [7, 11) is 0. The Hall–Kier alpha value is -0.910. The average molecular weight is 344 g/mol. The van der Waals surface area contributed by atoms with Crippen LogP contribution in [0.15, 0.2) is 40.2 Å². The lowest BCUT2D eigenvalue weighted by atomic mass is 10.3. The molecule has 1 unspecified atom stereocenters. The van der Waals surface area contributed by atoms with Crippen LogP contribution in [0.25, 0.3) is 0 Å². The molecule has 5 heteroatoms. The van der Waals surface area contributed by atoms with Crippen LogP contribution in [0.1, 0.15) is 11.8 Å². The largest absolute Gasteiger partial charge is 0.489 e. The normalized spacial score (nSPS) is 12.4. The van der Waals surface area contributed by atoms with Crippen molar-refractivity contribution in [3.05, 3.63) is 50.9 Å². The highest BCUT2D eigenvalue weighted by Gasteiger charge is 2.06. The molecule has 1 aromatic carbocycles. The number of hydrogen-bond acceptors (Lipinski definition) is 3. The van der Waals surface area contributed by atoms with Gasteiger partial charge >= 0.3 is 0 Å². The molecule has 1 aromatic heterocycles. The maximum atomic E-state index is 13.2. The van der Waals surface area contributed by atoms with E-state index in [0.29, 0.717) is 16.8 Å². The first-order valence-corrected chi connectivity index (χ1v) is 7.66. The summed E-state index contributed by atoms with van der Waals surface area (Å²) in [6.45, 7) is 3.50. The zero-order valence-electron chi connectivity index (χ0n) is 10.5. The fraction of sp³-hybridized carbons (Fsp3) is 0.286. The van der Waals surface area contributed by atoms with Gasteiger partial charge in [0.25, 0.3) is 0 Å². The lowest BCUT2D eigenvalue weighted by Crippen LogP contribution is -2.28. The number of ether oxygens (including phenoxy) is 1. The SMILES string of the molecule is CC(CNCc1cccs1)Oc1cc(F)cc(Br)c1. The van der Waals surface area contributed by atoms with Gasteiger partial charge in [-0.25, -0.2) is 4.39 Å². The molecule has 2 aromatic rings. The summed E-state index contributed by atoms with van der Waals surface area (Å²) < 4.78 is 19.5. The molecular formula is C14H15BrFNOS. The topological polar surface area (TPSA) is 21.3 Å². The Morgan fingerprint density at radius 1 is 1.42 bits per heavy atom. The fourth-order valence-electron chi connectivity index (χ4n) is 1.68. The molecule has 19 heavy (non-hydrogen) atoms. The summed E-state index contributed by atoms with van der Waals surface area (Å²) in [5, 5.41) is 5.37. The van der Waals surface area contributed by atoms with E-state index in [2.05, 4.69) is 32.7 Å². The molecule has 0 amide bonds. The summed E-state index contributed by atoms with van der Waals surface area (Å²) in [6, 6.07) is 8.69. The van der Waals surface area contributed by atoms with Gasteiger partial charge in [0.15, 0.2) is 0 Å². The Morgan fingerprint density at radius 3 is 2.95 bits per heavy atom. The number of thiophene rings is 1. The highest BCUT2D eigenvalue weighted by Crippen LogP contribution is 2.21. The van der Waals surface area contributed by atoms with Crippen molar-refractivity contribution < 1.29 is 9.13 Å². The Morgan fingerprint density at radius 2 is 2.26 bits per heavy atom. The Kier molecular flexibility index (Phi) is 5.36. The Balaban J connectivity index is 1.78. The van der Waals surface area contributed by atoms with Crippen LogP contribution < -0.4 is 10.1 Å². The van der Waals surface area contributed by atoms with Gasteiger partial charge in [-0.1, -0.05) is 22.0 Å². The van der Waals surface area contributed by atoms with Crippen molar-refractivity contribution in [1.82, 2.24) is 5.32 Å². The second-order valence-electron chi connectivity index (χ2n) is 4.24. The maximum Gasteiger partial charge on any atom is 0.128 e. The van der Waals surface area contributed by atoms with E-state index in [9.17, 15) is 4.39 Å². The van der Waals surface area contributed by atoms with Gasteiger partial charge in [0.1, 0.15) is 17.7 Å². The molecule has 0 spiro atoms. The zero-order valence-corrected chi connectivity index (χ0v) is 12.9. The number of halogens is 2. The molecular weight excluding hydrogens is 329 g/mol. The summed E-state index contributed by atoms with van der Waals surface area (Å²) in [4.78, 5) is 1.29. The molecule has 1 N–H and O–H groups in total. The lowest BCUT2D eigenvalue weighted by molar-refractivity contribution is 0.216. The first-order chi connectivity index (χ1) is 9.13. The van der Waals surface area contributed by atoms with Crippen LogP contribution >= 0.6 is 27.3 Å². The van der Waals surface area contributed by atoms with Gasteiger partial charge < -0.3 is 10.1 Å². The van der Waals surface area contributed by atoms with Crippen molar-refractivity contribution in [1.29, 1.82) is 0 Å². The third kappa shape index (κ3) is 4.93. The van der Waals surface area contributed by atoms with Crippen LogP contribution in [0.2, 0.25) is 0 Å². The van der Waals surface area contributed by atoms with Gasteiger partial charge in [-0.2, -0.15) is 0 Å². The van der Waals surface area contributed by atoms with Gasteiger partial charge in [0, 0.05) is 28.5 Å². The maximum absolute atomic E-state index is 13.2. The monoisotopic (exact) mass is 343 g/mol. The Bertz CT molecular complexity index is 498. The first-order valence-electron chi connectivity index (χ1n) is 5.99. The minimum Gasteiger partial charge on any atom is -0.489 e. The lowest BCUT2D eigenvalue weighted by Gasteiger charge is -2.15. The number of nitrogens with one attached hydrogen (secondary N) is 1. The summed E-state index contributed by atoms with van der Waals surface area (Å²) in [5.74, 6) is 0.236. The van der Waals surface area contributed by atoms with Crippen LogP contribution in [0.3, 0.4) is 0 Å². The van der Waals surface area contributed by atoms with E-state index in [1.165, 1.54) is 17.0 Å². The standard InChI is InChI=1S/C14H15BrFNOS/c1-10(8-17-9-14-3-2-4-19-14)18-13-6-11(15)5-12(16)7-13/h2-7,10,17H,8-9H2,1H3. The van der Waals surface area contributed by atoms with Crippen LogP contribution in [-0.2, 0) is 6.54 Å². The molecule has 0 bridgehead atoms. The van der Waals surface area contributed by atoms with Gasteiger partial charge in [-0.15, -0.1) is 11.3 Å². The van der Waals surface area contributed by atoms with E-state index >= 15 is 0 Å². The van der Waals surface area contributed by atoms with Crippen LogP contribution in [0, 0.1) is 5.82 Å². The van der Waals surface area contributed by atoms with Crippen LogP contribution in [0.4, 0.5) is 4.39 Å². The number of rotatable bonds is 6. The third-order valence-electron chi connectivity index (χ3n) is 2.48. The van der Waals surface area contributed by atoms with Crippen LogP contribution in [-0.4, -0.2) is 12.6 Å². The molecule has 0 radical (unpaired) electrons. The van der Waals surface area contributed by atoms with Crippen molar-refractivity contribution in [3.63, 3.8) is 0 Å². The summed E-state index contributed by atoms with van der Waals surface area (Å²) >= 11 is 4.97. The third-order valence-corrected chi connectivity index (χ3v) is 3.82. The van der Waals surface area contributed by atoms with Crippen molar-refractivity contribution in [3.8, 4) is 5.75 Å². The minimum absolute atomic E-state index is 0.0198. The highest BCUT2D eigenvalue weighted by molar-refractivity contribution is 9.10. The summed E-state index contributed by atoms with van der Waals surface area (Å²) in [6.07, 6.45) is -0.0198. The second kappa shape index (κ2) is 7.03. The molecule has 2 nitrogen and oxygen atoms in total. The van der Waals surface area contributed by atoms with E-state index in [0.717, 1.165) is 6.54 Å². The molecule has 0 aliphatic heterocycles. The van der Waals surface area contributed by atoms with Gasteiger partial charge in [0.2, 0.25) is 0 Å². The smallest absolute Gasteiger partial charge is 0.128 e. The first kappa shape index (κ1) is 14.5. The van der Waals surface area contributed by atoms with E-state index < -0.39 is 0 Å². The molecule has 102 valence electrons. The molecule has 2 rings (SSSR count). The zero-order chi connectivity index (χ0) is 13.7. The number of hydrogen-bond donors (Lipinski definition) is 1. The molecule has 1 heterocycles. The van der Waals surface area contributed by atoms with E-state index in [1.54, 1.807) is 17.4 Å². The number of benzene rings is 1. The van der Waals surface area contributed by atoms with Gasteiger partial charge in [-0.3, -0.25) is 0 Å². The van der Waals surface area contributed by atoms with E-state index in [4.69, 9.17) is 4.74 Å². The molecule has 0 aliphatic carbocycles. The quantitative estimate of drug-likeness (QED) is 0.848. The molecule has 1 atom stereocenters. The molecule has 0 saturated heterocycles. The predicted octanol–water partition coefficient (Wildman–Crippen LogP) is 4.21. The van der Waals surface area contributed by atoms with Crippen molar-refractivity contribution in [2.75, 3.05) is 6.54 Å². The van der Waals surface area contributed by atoms with Crippen molar-refractivity contribution in [2.45, 2.75) is 19.6 Å². The average Bonchev–Trinajstić information content (AvgIpc) is 2.80. The van der Waals surface area contributed by atoms with Gasteiger partial charge in [-0.05, 0) is 30.5 Å².